The molecule has 1 aliphatic carbocycles. The fraction of sp³-hybridized carbons (Fsp3) is 0.263. The van der Waals surface area contributed by atoms with Crippen LogP contribution in [0, 0.1) is 21.8 Å². The van der Waals surface area contributed by atoms with Crippen molar-refractivity contribution in [3.63, 3.8) is 0 Å². The summed E-state index contributed by atoms with van der Waals surface area (Å²) in [5, 5.41) is 14.9. The molecule has 0 saturated heterocycles. The van der Waals surface area contributed by atoms with E-state index >= 15 is 0 Å². The lowest BCUT2D eigenvalue weighted by molar-refractivity contribution is -0.385. The van der Waals surface area contributed by atoms with Crippen LogP contribution in [0.5, 0.6) is 5.75 Å². The molecular formula is C19H17FN2O3. The number of nitro benzene ring substituents is 1. The number of ether oxygens (including phenoxy) is 1. The Morgan fingerprint density at radius 1 is 1.28 bits per heavy atom. The number of benzene rings is 2. The molecule has 0 bridgehead atoms. The summed E-state index contributed by atoms with van der Waals surface area (Å²) in [6.07, 6.45) is 4.75. The number of methoxy groups -OCH3 is 1. The first-order chi connectivity index (χ1) is 12.1. The van der Waals surface area contributed by atoms with Crippen molar-refractivity contribution in [1.82, 2.24) is 0 Å². The van der Waals surface area contributed by atoms with E-state index in [0.717, 1.165) is 6.42 Å². The molecule has 0 aromatic heterocycles. The molecule has 0 amide bonds. The first kappa shape index (κ1) is 15.6. The van der Waals surface area contributed by atoms with Gasteiger partial charge in [0.25, 0.3) is 5.69 Å². The van der Waals surface area contributed by atoms with Gasteiger partial charge in [-0.25, -0.2) is 4.39 Å². The quantitative estimate of drug-likeness (QED) is 0.505. The minimum Gasteiger partial charge on any atom is -0.495 e. The van der Waals surface area contributed by atoms with Gasteiger partial charge in [-0.3, -0.25) is 10.1 Å². The summed E-state index contributed by atoms with van der Waals surface area (Å²) in [6.45, 7) is 0. The molecule has 25 heavy (non-hydrogen) atoms. The molecule has 0 spiro atoms. The number of hydrogen-bond donors (Lipinski definition) is 1. The van der Waals surface area contributed by atoms with Gasteiger partial charge < -0.3 is 10.1 Å². The zero-order valence-corrected chi connectivity index (χ0v) is 13.6. The molecule has 2 aliphatic rings. The monoisotopic (exact) mass is 340 g/mol. The van der Waals surface area contributed by atoms with E-state index < -0.39 is 0 Å². The highest BCUT2D eigenvalue weighted by Gasteiger charge is 2.43. The van der Waals surface area contributed by atoms with Crippen LogP contribution in [0.3, 0.4) is 0 Å². The Kier molecular flexibility index (Phi) is 3.67. The molecule has 3 atom stereocenters. The number of nitrogens with one attached hydrogen (secondary N) is 1. The second-order valence-electron chi connectivity index (χ2n) is 6.33. The van der Waals surface area contributed by atoms with Crippen LogP contribution in [-0.4, -0.2) is 12.0 Å². The normalized spacial score (nSPS) is 23.5. The molecule has 1 heterocycles. The molecule has 5 nitrogen and oxygen atoms in total. The number of nitrogens with zero attached hydrogens (tertiary/aromatic N) is 1. The van der Waals surface area contributed by atoms with E-state index in [2.05, 4.69) is 5.32 Å². The summed E-state index contributed by atoms with van der Waals surface area (Å²) in [4.78, 5) is 11.2. The number of anilines is 1. The smallest absolute Gasteiger partial charge is 0.275 e. The average Bonchev–Trinajstić information content (AvgIpc) is 3.10. The second kappa shape index (κ2) is 5.88. The molecule has 2 aromatic carbocycles. The number of halogens is 1. The van der Waals surface area contributed by atoms with E-state index in [-0.39, 0.29) is 34.3 Å². The molecule has 0 unspecified atom stereocenters. The lowest BCUT2D eigenvalue weighted by Gasteiger charge is -2.37. The first-order valence-corrected chi connectivity index (χ1v) is 8.14. The third-order valence-electron chi connectivity index (χ3n) is 5.12. The Balaban J connectivity index is 1.91. The van der Waals surface area contributed by atoms with Gasteiger partial charge in [-0.05, 0) is 24.5 Å². The lowest BCUT2D eigenvalue weighted by Crippen LogP contribution is -2.30. The summed E-state index contributed by atoms with van der Waals surface area (Å²) in [5.41, 5.74) is 1.84. The largest absolute Gasteiger partial charge is 0.495 e. The van der Waals surface area contributed by atoms with Gasteiger partial charge in [-0.2, -0.15) is 0 Å². The van der Waals surface area contributed by atoms with Crippen molar-refractivity contribution in [1.29, 1.82) is 0 Å². The van der Waals surface area contributed by atoms with Crippen LogP contribution < -0.4 is 10.1 Å². The third kappa shape index (κ3) is 2.36. The summed E-state index contributed by atoms with van der Waals surface area (Å²) in [6, 6.07) is 9.45. The molecule has 0 fully saturated rings. The molecule has 0 saturated carbocycles. The molecule has 1 N–H and O–H groups in total. The number of rotatable bonds is 3. The van der Waals surface area contributed by atoms with E-state index in [9.17, 15) is 14.5 Å². The highest BCUT2D eigenvalue weighted by molar-refractivity contribution is 5.73. The summed E-state index contributed by atoms with van der Waals surface area (Å²) < 4.78 is 19.8. The maximum Gasteiger partial charge on any atom is 0.275 e. The summed E-state index contributed by atoms with van der Waals surface area (Å²) in [5.74, 6) is 0.130. The van der Waals surface area contributed by atoms with Crippen molar-refractivity contribution in [2.75, 3.05) is 12.4 Å². The van der Waals surface area contributed by atoms with Crippen molar-refractivity contribution in [3.05, 3.63) is 75.6 Å². The fourth-order valence-corrected chi connectivity index (χ4v) is 4.03. The minimum atomic E-state index is -0.368. The molecule has 1 aliphatic heterocycles. The van der Waals surface area contributed by atoms with Crippen LogP contribution in [0.25, 0.3) is 0 Å². The Morgan fingerprint density at radius 2 is 2.08 bits per heavy atom. The van der Waals surface area contributed by atoms with Crippen LogP contribution in [0.1, 0.15) is 29.5 Å². The zero-order valence-electron chi connectivity index (χ0n) is 13.6. The maximum absolute atomic E-state index is 14.4. The number of allylic oxidation sites excluding steroid dienone is 2. The predicted molar refractivity (Wildman–Crippen MR) is 92.4 cm³/mol. The van der Waals surface area contributed by atoms with Crippen LogP contribution >= 0.6 is 0 Å². The highest BCUT2D eigenvalue weighted by Crippen LogP contribution is 2.55. The maximum atomic E-state index is 14.4. The molecule has 4 rings (SSSR count). The average molecular weight is 340 g/mol. The van der Waals surface area contributed by atoms with Gasteiger partial charge in [0.15, 0.2) is 0 Å². The number of nitro groups is 1. The van der Waals surface area contributed by atoms with Crippen LogP contribution in [-0.2, 0) is 0 Å². The minimum absolute atomic E-state index is 0.0233. The molecule has 6 heteroatoms. The van der Waals surface area contributed by atoms with Gasteiger partial charge >= 0.3 is 0 Å². The van der Waals surface area contributed by atoms with Crippen molar-refractivity contribution >= 4 is 11.4 Å². The van der Waals surface area contributed by atoms with E-state index in [1.807, 2.05) is 12.2 Å². The molecular weight excluding hydrogens is 323 g/mol. The van der Waals surface area contributed by atoms with E-state index in [4.69, 9.17) is 4.74 Å². The van der Waals surface area contributed by atoms with Crippen LogP contribution in [0.2, 0.25) is 0 Å². The summed E-state index contributed by atoms with van der Waals surface area (Å²) >= 11 is 0. The summed E-state index contributed by atoms with van der Waals surface area (Å²) in [7, 11) is 1.53. The third-order valence-corrected chi connectivity index (χ3v) is 5.12. The highest BCUT2D eigenvalue weighted by atomic mass is 19.1. The van der Waals surface area contributed by atoms with Gasteiger partial charge in [0, 0.05) is 17.5 Å². The van der Waals surface area contributed by atoms with Crippen molar-refractivity contribution in [2.24, 2.45) is 5.92 Å². The second-order valence-corrected chi connectivity index (χ2v) is 6.33. The predicted octanol–water partition coefficient (Wildman–Crippen LogP) is 4.57. The van der Waals surface area contributed by atoms with Crippen molar-refractivity contribution in [2.45, 2.75) is 18.4 Å². The standard InChI is InChI=1S/C19H17FN2O3/c1-25-16-10-9-15(22(23)24)17-11-6-4-7-12(11)18(21-19(16)17)13-5-2-3-8-14(13)20/h2-6,8-12,18,21H,7H2,1H3/t11-,12-,18+/m1/s1. The van der Waals surface area contributed by atoms with Gasteiger partial charge in [-0.15, -0.1) is 0 Å². The van der Waals surface area contributed by atoms with Crippen molar-refractivity contribution < 1.29 is 14.1 Å². The topological polar surface area (TPSA) is 64.4 Å². The molecule has 2 aromatic rings. The Morgan fingerprint density at radius 3 is 2.80 bits per heavy atom. The van der Waals surface area contributed by atoms with E-state index in [1.54, 1.807) is 24.3 Å². The van der Waals surface area contributed by atoms with Gasteiger partial charge in [-0.1, -0.05) is 30.4 Å². The fourth-order valence-electron chi connectivity index (χ4n) is 4.03. The van der Waals surface area contributed by atoms with Crippen molar-refractivity contribution in [3.8, 4) is 5.75 Å². The first-order valence-electron chi connectivity index (χ1n) is 8.14. The SMILES string of the molecule is COc1ccc([N+](=O)[O-])c2c1N[C@H](c1ccccc1F)[C@@H]1CC=C[C@@H]21. The lowest BCUT2D eigenvalue weighted by atomic mass is 9.76. The Bertz CT molecular complexity index is 881. The number of hydrogen-bond acceptors (Lipinski definition) is 4. The molecule has 128 valence electrons. The van der Waals surface area contributed by atoms with Gasteiger partial charge in [0.1, 0.15) is 11.6 Å². The van der Waals surface area contributed by atoms with Gasteiger partial charge in [0.05, 0.1) is 29.3 Å². The Hall–Kier alpha value is -2.89. The van der Waals surface area contributed by atoms with E-state index in [1.165, 1.54) is 19.2 Å². The zero-order chi connectivity index (χ0) is 17.6. The van der Waals surface area contributed by atoms with Crippen LogP contribution in [0.4, 0.5) is 15.8 Å². The number of fused-ring (bicyclic) bond motifs is 3. The Labute approximate surface area is 144 Å². The van der Waals surface area contributed by atoms with Gasteiger partial charge in [0.2, 0.25) is 0 Å². The molecule has 0 radical (unpaired) electrons. The van der Waals surface area contributed by atoms with E-state index in [0.29, 0.717) is 22.6 Å². The van der Waals surface area contributed by atoms with Crippen LogP contribution in [0.15, 0.2) is 48.6 Å².